The molecular formula is C36H38ClN3O4S. The molecule has 45 heavy (non-hydrogen) atoms. The molecule has 7 nitrogen and oxygen atoms in total. The third-order valence-electron chi connectivity index (χ3n) is 8.22. The van der Waals surface area contributed by atoms with Crippen LogP contribution in [0.4, 0.5) is 5.69 Å². The van der Waals surface area contributed by atoms with Gasteiger partial charge >= 0.3 is 0 Å². The zero-order valence-corrected chi connectivity index (χ0v) is 26.9. The number of rotatable bonds is 12. The average molecular weight is 644 g/mol. The summed E-state index contributed by atoms with van der Waals surface area (Å²) in [5.41, 5.74) is 2.76. The van der Waals surface area contributed by atoms with Crippen molar-refractivity contribution in [2.45, 2.75) is 62.6 Å². The minimum absolute atomic E-state index is 0.0453. The number of anilines is 1. The average Bonchev–Trinajstić information content (AvgIpc) is 3.57. The van der Waals surface area contributed by atoms with Crippen molar-refractivity contribution in [1.29, 1.82) is 0 Å². The van der Waals surface area contributed by atoms with E-state index in [0.29, 0.717) is 5.02 Å². The van der Waals surface area contributed by atoms with Crippen molar-refractivity contribution in [2.75, 3.05) is 10.8 Å². The van der Waals surface area contributed by atoms with Crippen molar-refractivity contribution in [1.82, 2.24) is 10.2 Å². The number of sulfonamides is 1. The van der Waals surface area contributed by atoms with E-state index in [1.807, 2.05) is 67.6 Å². The van der Waals surface area contributed by atoms with Crippen molar-refractivity contribution < 1.29 is 18.0 Å². The standard InChI is InChI=1S/C36H38ClN3O4S/c1-27-21-22-31(24-33(27)37)40(45(43,44)32-19-9-4-10-20-32)26-35(41)39(25-29-15-7-3-8-16-29)34(23-28-13-5-2-6-14-28)36(42)38-30-17-11-12-18-30/h2-10,13-16,19-22,24,30,34H,11-12,17-18,23,25-26H2,1H3,(H,38,42). The molecule has 1 aliphatic rings. The van der Waals surface area contributed by atoms with Crippen molar-refractivity contribution in [2.24, 2.45) is 0 Å². The first-order valence-corrected chi connectivity index (χ1v) is 17.1. The normalized spacial score (nSPS) is 14.1. The topological polar surface area (TPSA) is 86.8 Å². The minimum Gasteiger partial charge on any atom is -0.352 e. The van der Waals surface area contributed by atoms with Crippen LogP contribution in [-0.4, -0.2) is 43.8 Å². The molecule has 0 aromatic heterocycles. The van der Waals surface area contributed by atoms with Gasteiger partial charge in [0.25, 0.3) is 10.0 Å². The highest BCUT2D eigenvalue weighted by Gasteiger charge is 2.35. The molecule has 0 radical (unpaired) electrons. The number of benzene rings is 4. The van der Waals surface area contributed by atoms with Crippen LogP contribution in [-0.2, 0) is 32.6 Å². The lowest BCUT2D eigenvalue weighted by molar-refractivity contribution is -0.140. The summed E-state index contributed by atoms with van der Waals surface area (Å²) in [5, 5.41) is 3.57. The smallest absolute Gasteiger partial charge is 0.264 e. The molecule has 0 saturated heterocycles. The van der Waals surface area contributed by atoms with Crippen LogP contribution in [0.15, 0.2) is 114 Å². The number of nitrogens with zero attached hydrogens (tertiary/aromatic N) is 2. The number of hydrogen-bond donors (Lipinski definition) is 1. The lowest BCUT2D eigenvalue weighted by Crippen LogP contribution is -2.54. The number of hydrogen-bond acceptors (Lipinski definition) is 4. The van der Waals surface area contributed by atoms with Gasteiger partial charge in [0.15, 0.2) is 0 Å². The van der Waals surface area contributed by atoms with Crippen molar-refractivity contribution in [3.63, 3.8) is 0 Å². The third kappa shape index (κ3) is 8.12. The van der Waals surface area contributed by atoms with E-state index in [4.69, 9.17) is 11.6 Å². The number of aryl methyl sites for hydroxylation is 1. The molecule has 1 atom stereocenters. The molecule has 234 valence electrons. The lowest BCUT2D eigenvalue weighted by atomic mass is 10.0. The largest absolute Gasteiger partial charge is 0.352 e. The van der Waals surface area contributed by atoms with Gasteiger partial charge < -0.3 is 10.2 Å². The van der Waals surface area contributed by atoms with Crippen molar-refractivity contribution in [3.8, 4) is 0 Å². The van der Waals surface area contributed by atoms with Gasteiger partial charge in [-0.1, -0.05) is 109 Å². The summed E-state index contributed by atoms with van der Waals surface area (Å²) >= 11 is 6.45. The Morgan fingerprint density at radius 3 is 2.02 bits per heavy atom. The van der Waals surface area contributed by atoms with E-state index >= 15 is 0 Å². The highest BCUT2D eigenvalue weighted by Crippen LogP contribution is 2.29. The first-order valence-electron chi connectivity index (χ1n) is 15.2. The first-order chi connectivity index (χ1) is 21.7. The number of nitrogens with one attached hydrogen (secondary N) is 1. The summed E-state index contributed by atoms with van der Waals surface area (Å²) in [6.07, 6.45) is 4.17. The van der Waals surface area contributed by atoms with Gasteiger partial charge in [0.1, 0.15) is 12.6 Å². The fourth-order valence-corrected chi connectivity index (χ4v) is 7.29. The third-order valence-corrected chi connectivity index (χ3v) is 10.4. The van der Waals surface area contributed by atoms with Gasteiger partial charge in [-0.05, 0) is 60.7 Å². The van der Waals surface area contributed by atoms with Crippen LogP contribution in [0.3, 0.4) is 0 Å². The van der Waals surface area contributed by atoms with E-state index in [0.717, 1.165) is 46.7 Å². The molecule has 0 aliphatic heterocycles. The molecule has 9 heteroatoms. The maximum atomic E-state index is 14.5. The van der Waals surface area contributed by atoms with E-state index in [2.05, 4.69) is 5.32 Å². The van der Waals surface area contributed by atoms with E-state index in [-0.39, 0.29) is 35.5 Å². The molecule has 5 rings (SSSR count). The second-order valence-electron chi connectivity index (χ2n) is 11.5. The van der Waals surface area contributed by atoms with Gasteiger partial charge in [0.2, 0.25) is 11.8 Å². The number of halogens is 1. The summed E-state index contributed by atoms with van der Waals surface area (Å²) in [6, 6.07) is 31.1. The molecule has 2 amide bonds. The lowest BCUT2D eigenvalue weighted by Gasteiger charge is -2.34. The van der Waals surface area contributed by atoms with E-state index in [1.54, 1.807) is 36.4 Å². The molecule has 0 spiro atoms. The zero-order chi connectivity index (χ0) is 31.8. The Labute approximate surface area is 270 Å². The van der Waals surface area contributed by atoms with Crippen LogP contribution in [0.25, 0.3) is 0 Å². The van der Waals surface area contributed by atoms with Crippen LogP contribution < -0.4 is 9.62 Å². The van der Waals surface area contributed by atoms with Gasteiger partial charge in [-0.2, -0.15) is 0 Å². The van der Waals surface area contributed by atoms with Crippen LogP contribution >= 0.6 is 11.6 Å². The Balaban J connectivity index is 1.56. The minimum atomic E-state index is -4.18. The summed E-state index contributed by atoms with van der Waals surface area (Å²) in [7, 11) is -4.18. The predicted molar refractivity (Wildman–Crippen MR) is 178 cm³/mol. The molecule has 0 bridgehead atoms. The van der Waals surface area contributed by atoms with Gasteiger partial charge in [-0.15, -0.1) is 0 Å². The summed E-state index contributed by atoms with van der Waals surface area (Å²) in [4.78, 5) is 30.2. The maximum absolute atomic E-state index is 14.5. The van der Waals surface area contributed by atoms with Crippen LogP contribution in [0.5, 0.6) is 0 Å². The zero-order valence-electron chi connectivity index (χ0n) is 25.3. The van der Waals surface area contributed by atoms with Gasteiger partial charge in [-0.3, -0.25) is 13.9 Å². The maximum Gasteiger partial charge on any atom is 0.264 e. The van der Waals surface area contributed by atoms with Crippen LogP contribution in [0, 0.1) is 6.92 Å². The van der Waals surface area contributed by atoms with Crippen molar-refractivity contribution in [3.05, 3.63) is 131 Å². The van der Waals surface area contributed by atoms with E-state index < -0.39 is 28.5 Å². The Kier molecular flexibility index (Phi) is 10.6. The molecule has 1 N–H and O–H groups in total. The van der Waals surface area contributed by atoms with Gasteiger partial charge in [0, 0.05) is 24.0 Å². The fraction of sp³-hybridized carbons (Fsp3) is 0.278. The monoisotopic (exact) mass is 643 g/mol. The highest BCUT2D eigenvalue weighted by molar-refractivity contribution is 7.92. The molecule has 1 fully saturated rings. The molecule has 4 aromatic rings. The number of amides is 2. The molecule has 1 saturated carbocycles. The Morgan fingerprint density at radius 2 is 1.42 bits per heavy atom. The Morgan fingerprint density at radius 1 is 0.844 bits per heavy atom. The number of carbonyl (C=O) groups is 2. The quantitative estimate of drug-likeness (QED) is 0.190. The first kappa shape index (κ1) is 32.3. The van der Waals surface area contributed by atoms with Gasteiger partial charge in [-0.25, -0.2) is 8.42 Å². The summed E-state index contributed by atoms with van der Waals surface area (Å²) < 4.78 is 29.3. The molecule has 1 unspecified atom stereocenters. The van der Waals surface area contributed by atoms with Crippen molar-refractivity contribution >= 4 is 39.1 Å². The van der Waals surface area contributed by atoms with Crippen LogP contribution in [0.2, 0.25) is 5.02 Å². The molecular weight excluding hydrogens is 606 g/mol. The summed E-state index contributed by atoms with van der Waals surface area (Å²) in [5.74, 6) is -0.747. The molecule has 4 aromatic carbocycles. The summed E-state index contributed by atoms with van der Waals surface area (Å²) in [6.45, 7) is 1.43. The van der Waals surface area contributed by atoms with Crippen LogP contribution in [0.1, 0.15) is 42.4 Å². The Hall–Kier alpha value is -4.14. The molecule has 0 heterocycles. The predicted octanol–water partition coefficient (Wildman–Crippen LogP) is 6.54. The Bertz CT molecular complexity index is 1700. The SMILES string of the molecule is Cc1ccc(N(CC(=O)N(Cc2ccccc2)C(Cc2ccccc2)C(=O)NC2CCCC2)S(=O)(=O)c2ccccc2)cc1Cl. The van der Waals surface area contributed by atoms with E-state index in [9.17, 15) is 18.0 Å². The highest BCUT2D eigenvalue weighted by atomic mass is 35.5. The second kappa shape index (κ2) is 14.8. The van der Waals surface area contributed by atoms with E-state index in [1.165, 1.54) is 17.0 Å². The second-order valence-corrected chi connectivity index (χ2v) is 13.7. The molecule has 1 aliphatic carbocycles. The van der Waals surface area contributed by atoms with Gasteiger partial charge in [0.05, 0.1) is 10.6 Å². The number of carbonyl (C=O) groups excluding carboxylic acids is 2. The fourth-order valence-electron chi connectivity index (χ4n) is 5.69.